The molecular weight excluding hydrogens is 405 g/mol. The van der Waals surface area contributed by atoms with Crippen molar-refractivity contribution < 1.29 is 4.79 Å². The Balaban J connectivity index is 1.73. The maximum Gasteiger partial charge on any atom is 0.244 e. The van der Waals surface area contributed by atoms with Gasteiger partial charge in [-0.1, -0.05) is 47.0 Å². The third-order valence-corrected chi connectivity index (χ3v) is 5.40. The summed E-state index contributed by atoms with van der Waals surface area (Å²) in [6, 6.07) is 13.5. The fourth-order valence-electron chi connectivity index (χ4n) is 3.38. The van der Waals surface area contributed by atoms with E-state index in [1.165, 1.54) is 5.56 Å². The zero-order valence-corrected chi connectivity index (χ0v) is 18.4. The van der Waals surface area contributed by atoms with Gasteiger partial charge in [-0.15, -0.1) is 0 Å². The van der Waals surface area contributed by atoms with E-state index < -0.39 is 0 Å². The number of carbonyl (C=O) groups is 1. The van der Waals surface area contributed by atoms with Gasteiger partial charge in [0.1, 0.15) is 0 Å². The molecule has 0 unspecified atom stereocenters. The molecule has 0 saturated heterocycles. The first-order valence-corrected chi connectivity index (χ1v) is 10.0. The Bertz CT molecular complexity index is 1100. The molecule has 0 aliphatic rings. The predicted molar refractivity (Wildman–Crippen MR) is 121 cm³/mol. The lowest BCUT2D eigenvalue weighted by Gasteiger charge is -2.11. The van der Waals surface area contributed by atoms with Crippen LogP contribution in [0.1, 0.15) is 33.6 Å². The van der Waals surface area contributed by atoms with Crippen LogP contribution >= 0.6 is 23.2 Å². The Morgan fingerprint density at radius 3 is 2.52 bits per heavy atom. The van der Waals surface area contributed by atoms with Crippen LogP contribution in [0.15, 0.2) is 47.6 Å². The number of nitrogens with zero attached hydrogens (tertiary/aromatic N) is 2. The number of hydrogen-bond acceptors (Lipinski definition) is 2. The molecule has 0 atom stereocenters. The molecule has 0 fully saturated rings. The van der Waals surface area contributed by atoms with Gasteiger partial charge in [-0.05, 0) is 63.1 Å². The van der Waals surface area contributed by atoms with E-state index in [1.807, 2.05) is 62.6 Å². The fraction of sp³-hybridized carbons (Fsp3) is 0.217. The Labute approximate surface area is 181 Å². The van der Waals surface area contributed by atoms with Crippen molar-refractivity contribution in [2.45, 2.75) is 34.1 Å². The molecule has 4 nitrogen and oxygen atoms in total. The van der Waals surface area contributed by atoms with Gasteiger partial charge in [0, 0.05) is 22.0 Å². The van der Waals surface area contributed by atoms with E-state index >= 15 is 0 Å². The molecule has 0 aliphatic heterocycles. The second-order valence-corrected chi connectivity index (χ2v) is 8.00. The number of halogens is 2. The third kappa shape index (κ3) is 4.89. The van der Waals surface area contributed by atoms with Crippen molar-refractivity contribution in [3.05, 3.63) is 86.2 Å². The van der Waals surface area contributed by atoms with Crippen LogP contribution in [0.4, 0.5) is 0 Å². The van der Waals surface area contributed by atoms with Gasteiger partial charge in [-0.3, -0.25) is 4.79 Å². The van der Waals surface area contributed by atoms with Crippen LogP contribution in [-0.2, 0) is 11.2 Å². The first kappa shape index (κ1) is 21.2. The standard InChI is InChI=1S/C23H23Cl2N3O/c1-14-5-6-18(15(2)9-14)11-23(29)27-26-13-19-10-16(3)28(17(19)4)22-8-7-20(24)12-21(22)25/h5-10,12-13H,11H2,1-4H3,(H,27,29)/b26-13+. The molecule has 1 heterocycles. The third-order valence-electron chi connectivity index (χ3n) is 4.86. The molecule has 2 aromatic carbocycles. The average molecular weight is 428 g/mol. The summed E-state index contributed by atoms with van der Waals surface area (Å²) in [6.45, 7) is 8.02. The highest BCUT2D eigenvalue weighted by Crippen LogP contribution is 2.28. The molecule has 6 heteroatoms. The lowest BCUT2D eigenvalue weighted by molar-refractivity contribution is -0.120. The predicted octanol–water partition coefficient (Wildman–Crippen LogP) is 5.71. The number of rotatable bonds is 5. The number of amides is 1. The van der Waals surface area contributed by atoms with Gasteiger partial charge in [-0.25, -0.2) is 5.43 Å². The van der Waals surface area contributed by atoms with Gasteiger partial charge >= 0.3 is 0 Å². The Hall–Kier alpha value is -2.56. The number of nitrogens with one attached hydrogen (secondary N) is 1. The molecule has 0 saturated carbocycles. The van der Waals surface area contributed by atoms with Crippen molar-refractivity contribution >= 4 is 35.3 Å². The van der Waals surface area contributed by atoms with Crippen LogP contribution in [0.25, 0.3) is 5.69 Å². The van der Waals surface area contributed by atoms with E-state index in [4.69, 9.17) is 23.2 Å². The molecule has 3 rings (SSSR count). The summed E-state index contributed by atoms with van der Waals surface area (Å²) in [5.41, 5.74) is 9.63. The average Bonchev–Trinajstić information content (AvgIpc) is 2.92. The first-order chi connectivity index (χ1) is 13.8. The molecule has 0 bridgehead atoms. The van der Waals surface area contributed by atoms with Gasteiger partial charge in [0.05, 0.1) is 23.3 Å². The second kappa shape index (κ2) is 8.85. The van der Waals surface area contributed by atoms with Gasteiger partial charge in [0.25, 0.3) is 0 Å². The number of hydrogen-bond donors (Lipinski definition) is 1. The summed E-state index contributed by atoms with van der Waals surface area (Å²) >= 11 is 12.4. The quantitative estimate of drug-likeness (QED) is 0.411. The Kier molecular flexibility index (Phi) is 6.46. The number of hydrazone groups is 1. The minimum Gasteiger partial charge on any atom is -0.316 e. The van der Waals surface area contributed by atoms with Crippen LogP contribution in [0.2, 0.25) is 10.0 Å². The fourth-order valence-corrected chi connectivity index (χ4v) is 3.88. The van der Waals surface area contributed by atoms with Gasteiger partial charge in [0.2, 0.25) is 5.91 Å². The van der Waals surface area contributed by atoms with Crippen LogP contribution in [0, 0.1) is 27.7 Å². The topological polar surface area (TPSA) is 46.4 Å². The van der Waals surface area contributed by atoms with Crippen molar-refractivity contribution in [2.24, 2.45) is 5.10 Å². The van der Waals surface area contributed by atoms with Crippen molar-refractivity contribution in [1.29, 1.82) is 0 Å². The molecule has 1 aromatic heterocycles. The molecule has 29 heavy (non-hydrogen) atoms. The lowest BCUT2D eigenvalue weighted by Crippen LogP contribution is -2.20. The summed E-state index contributed by atoms with van der Waals surface area (Å²) in [4.78, 5) is 12.2. The SMILES string of the molecule is Cc1ccc(CC(=O)N/N=C/c2cc(C)n(-c3ccc(Cl)cc3Cl)c2C)c(C)c1. The molecule has 0 aliphatic carbocycles. The summed E-state index contributed by atoms with van der Waals surface area (Å²) in [5.74, 6) is -0.150. The van der Waals surface area contributed by atoms with Crippen molar-refractivity contribution in [3.8, 4) is 5.69 Å². The molecule has 150 valence electrons. The summed E-state index contributed by atoms with van der Waals surface area (Å²) in [6.07, 6.45) is 1.95. The van der Waals surface area contributed by atoms with Gasteiger partial charge in [-0.2, -0.15) is 5.10 Å². The minimum atomic E-state index is -0.150. The van der Waals surface area contributed by atoms with E-state index in [-0.39, 0.29) is 5.91 Å². The van der Waals surface area contributed by atoms with Crippen LogP contribution in [0.5, 0.6) is 0 Å². The van der Waals surface area contributed by atoms with E-state index in [1.54, 1.807) is 12.3 Å². The van der Waals surface area contributed by atoms with E-state index in [9.17, 15) is 4.79 Å². The van der Waals surface area contributed by atoms with E-state index in [0.717, 1.165) is 33.8 Å². The Morgan fingerprint density at radius 2 is 1.83 bits per heavy atom. The van der Waals surface area contributed by atoms with Crippen molar-refractivity contribution in [2.75, 3.05) is 0 Å². The first-order valence-electron chi connectivity index (χ1n) is 9.28. The number of aryl methyl sites for hydroxylation is 3. The molecule has 1 amide bonds. The zero-order valence-electron chi connectivity index (χ0n) is 16.9. The van der Waals surface area contributed by atoms with Gasteiger partial charge in [0.15, 0.2) is 0 Å². The van der Waals surface area contributed by atoms with Crippen LogP contribution < -0.4 is 5.43 Å². The highest BCUT2D eigenvalue weighted by Gasteiger charge is 2.12. The summed E-state index contributed by atoms with van der Waals surface area (Å²) in [5, 5.41) is 5.30. The maximum atomic E-state index is 12.2. The molecule has 0 radical (unpaired) electrons. The summed E-state index contributed by atoms with van der Waals surface area (Å²) < 4.78 is 2.04. The highest BCUT2D eigenvalue weighted by molar-refractivity contribution is 6.35. The molecular formula is C23H23Cl2N3O. The van der Waals surface area contributed by atoms with Crippen LogP contribution in [-0.4, -0.2) is 16.7 Å². The molecule has 1 N–H and O–H groups in total. The summed E-state index contributed by atoms with van der Waals surface area (Å²) in [7, 11) is 0. The van der Waals surface area contributed by atoms with E-state index in [0.29, 0.717) is 16.5 Å². The minimum absolute atomic E-state index is 0.150. The smallest absolute Gasteiger partial charge is 0.244 e. The highest BCUT2D eigenvalue weighted by atomic mass is 35.5. The molecule has 3 aromatic rings. The van der Waals surface area contributed by atoms with Crippen molar-refractivity contribution in [3.63, 3.8) is 0 Å². The molecule has 0 spiro atoms. The van der Waals surface area contributed by atoms with Crippen LogP contribution in [0.3, 0.4) is 0 Å². The number of benzene rings is 2. The van der Waals surface area contributed by atoms with Gasteiger partial charge < -0.3 is 4.57 Å². The maximum absolute atomic E-state index is 12.2. The number of carbonyl (C=O) groups excluding carboxylic acids is 1. The van der Waals surface area contributed by atoms with Crippen molar-refractivity contribution in [1.82, 2.24) is 9.99 Å². The normalized spacial score (nSPS) is 11.2. The lowest BCUT2D eigenvalue weighted by atomic mass is 10.0. The second-order valence-electron chi connectivity index (χ2n) is 7.16. The van der Waals surface area contributed by atoms with E-state index in [2.05, 4.69) is 16.6 Å². The zero-order chi connectivity index (χ0) is 21.1. The largest absolute Gasteiger partial charge is 0.316 e. The number of aromatic nitrogens is 1. The Morgan fingerprint density at radius 1 is 1.07 bits per heavy atom. The monoisotopic (exact) mass is 427 g/mol.